The number of methoxy groups -OCH3 is 1. The van der Waals surface area contributed by atoms with Crippen molar-refractivity contribution >= 4 is 50.3 Å². The maximum atomic E-state index is 11.4. The van der Waals surface area contributed by atoms with Crippen LogP contribution in [0.2, 0.25) is 0 Å². The highest BCUT2D eigenvalue weighted by atomic mass is 79.9. The Kier molecular flexibility index (Phi) is 3.32. The van der Waals surface area contributed by atoms with E-state index in [1.165, 1.54) is 18.4 Å². The summed E-state index contributed by atoms with van der Waals surface area (Å²) in [5.41, 5.74) is 6.24. The molecule has 6 heteroatoms. The molecule has 16 heavy (non-hydrogen) atoms. The molecule has 0 bridgehead atoms. The third-order valence-corrected chi connectivity index (χ3v) is 5.12. The summed E-state index contributed by atoms with van der Waals surface area (Å²) < 4.78 is 5.67. The van der Waals surface area contributed by atoms with Crippen LogP contribution < -0.4 is 5.73 Å². The quantitative estimate of drug-likeness (QED) is 0.861. The standard InChI is InChI=1S/C10H8BrNO2S2/c1-14-10(13)9-6(12)4-7(16-9)8-5(11)2-3-15-8/h2-4H,12H2,1H3. The molecule has 0 saturated carbocycles. The smallest absolute Gasteiger partial charge is 0.350 e. The number of thiophene rings is 2. The molecule has 0 unspecified atom stereocenters. The highest BCUT2D eigenvalue weighted by Gasteiger charge is 2.17. The van der Waals surface area contributed by atoms with Gasteiger partial charge in [-0.3, -0.25) is 0 Å². The van der Waals surface area contributed by atoms with Gasteiger partial charge in [-0.2, -0.15) is 0 Å². The predicted octanol–water partition coefficient (Wildman–Crippen LogP) is 3.61. The number of hydrogen-bond acceptors (Lipinski definition) is 5. The van der Waals surface area contributed by atoms with E-state index in [0.29, 0.717) is 10.6 Å². The van der Waals surface area contributed by atoms with Gasteiger partial charge in [0, 0.05) is 9.35 Å². The lowest BCUT2D eigenvalue weighted by atomic mass is 10.3. The maximum Gasteiger partial charge on any atom is 0.350 e. The van der Waals surface area contributed by atoms with E-state index in [9.17, 15) is 4.79 Å². The number of halogens is 1. The monoisotopic (exact) mass is 317 g/mol. The molecule has 0 saturated heterocycles. The summed E-state index contributed by atoms with van der Waals surface area (Å²) in [7, 11) is 1.35. The van der Waals surface area contributed by atoms with Gasteiger partial charge in [0.05, 0.1) is 17.7 Å². The van der Waals surface area contributed by atoms with Crippen molar-refractivity contribution in [2.24, 2.45) is 0 Å². The molecule has 0 amide bonds. The fourth-order valence-corrected chi connectivity index (χ4v) is 4.09. The first-order chi connectivity index (χ1) is 7.63. The third-order valence-electron chi connectivity index (χ3n) is 1.97. The Morgan fingerprint density at radius 2 is 2.31 bits per heavy atom. The van der Waals surface area contributed by atoms with Crippen LogP contribution in [0.25, 0.3) is 9.75 Å². The molecular formula is C10H8BrNO2S2. The Balaban J connectivity index is 2.46. The normalized spacial score (nSPS) is 10.4. The molecule has 84 valence electrons. The van der Waals surface area contributed by atoms with Crippen LogP contribution in [-0.2, 0) is 4.74 Å². The highest BCUT2D eigenvalue weighted by Crippen LogP contribution is 2.40. The molecule has 0 aliphatic heterocycles. The second kappa shape index (κ2) is 4.57. The van der Waals surface area contributed by atoms with E-state index >= 15 is 0 Å². The fraction of sp³-hybridized carbons (Fsp3) is 0.100. The van der Waals surface area contributed by atoms with Crippen LogP contribution in [0, 0.1) is 0 Å². The minimum Gasteiger partial charge on any atom is -0.465 e. The number of nitrogen functional groups attached to an aromatic ring is 1. The molecule has 2 rings (SSSR count). The summed E-state index contributed by atoms with van der Waals surface area (Å²) in [4.78, 5) is 13.9. The van der Waals surface area contributed by atoms with E-state index in [2.05, 4.69) is 20.7 Å². The number of hydrogen-bond donors (Lipinski definition) is 1. The third kappa shape index (κ3) is 2.00. The molecule has 2 aromatic heterocycles. The van der Waals surface area contributed by atoms with Crippen molar-refractivity contribution in [3.8, 4) is 9.75 Å². The van der Waals surface area contributed by atoms with Gasteiger partial charge < -0.3 is 10.5 Å². The van der Waals surface area contributed by atoms with Gasteiger partial charge >= 0.3 is 5.97 Å². The van der Waals surface area contributed by atoms with Crippen molar-refractivity contribution in [3.05, 3.63) is 26.9 Å². The van der Waals surface area contributed by atoms with Crippen molar-refractivity contribution < 1.29 is 9.53 Å². The molecule has 2 heterocycles. The number of carbonyl (C=O) groups is 1. The van der Waals surface area contributed by atoms with E-state index in [0.717, 1.165) is 14.2 Å². The van der Waals surface area contributed by atoms with Crippen LogP contribution in [0.4, 0.5) is 5.69 Å². The fourth-order valence-electron chi connectivity index (χ4n) is 1.24. The first-order valence-electron chi connectivity index (χ1n) is 4.34. The van der Waals surface area contributed by atoms with Gasteiger partial charge in [-0.25, -0.2) is 4.79 Å². The van der Waals surface area contributed by atoms with Gasteiger partial charge in [0.15, 0.2) is 0 Å². The maximum absolute atomic E-state index is 11.4. The van der Waals surface area contributed by atoms with E-state index in [1.54, 1.807) is 17.4 Å². The first kappa shape index (κ1) is 11.6. The van der Waals surface area contributed by atoms with Crippen LogP contribution >= 0.6 is 38.6 Å². The lowest BCUT2D eigenvalue weighted by Crippen LogP contribution is -2.00. The largest absolute Gasteiger partial charge is 0.465 e. The summed E-state index contributed by atoms with van der Waals surface area (Å²) in [6.45, 7) is 0. The summed E-state index contributed by atoms with van der Waals surface area (Å²) in [6, 6.07) is 3.77. The second-order valence-electron chi connectivity index (χ2n) is 2.98. The van der Waals surface area contributed by atoms with Crippen molar-refractivity contribution in [2.75, 3.05) is 12.8 Å². The Morgan fingerprint density at radius 3 is 2.88 bits per heavy atom. The van der Waals surface area contributed by atoms with Crippen molar-refractivity contribution in [2.45, 2.75) is 0 Å². The average molecular weight is 318 g/mol. The molecular weight excluding hydrogens is 310 g/mol. The van der Waals surface area contributed by atoms with E-state index in [4.69, 9.17) is 5.73 Å². The molecule has 2 N–H and O–H groups in total. The number of rotatable bonds is 2. The molecule has 3 nitrogen and oxygen atoms in total. The van der Waals surface area contributed by atoms with Gasteiger partial charge in [-0.1, -0.05) is 0 Å². The number of ether oxygens (including phenoxy) is 1. The summed E-state index contributed by atoms with van der Waals surface area (Å²) in [5, 5.41) is 1.98. The van der Waals surface area contributed by atoms with Crippen LogP contribution in [0.5, 0.6) is 0 Å². The summed E-state index contributed by atoms with van der Waals surface area (Å²) in [6.07, 6.45) is 0. The minimum absolute atomic E-state index is 0.388. The van der Waals surface area contributed by atoms with Gasteiger partial charge in [0.25, 0.3) is 0 Å². The molecule has 0 aliphatic carbocycles. The van der Waals surface area contributed by atoms with Gasteiger partial charge in [0.2, 0.25) is 0 Å². The number of anilines is 1. The van der Waals surface area contributed by atoms with Crippen molar-refractivity contribution in [1.29, 1.82) is 0 Å². The van der Waals surface area contributed by atoms with Crippen molar-refractivity contribution in [3.63, 3.8) is 0 Å². The van der Waals surface area contributed by atoms with Crippen molar-refractivity contribution in [1.82, 2.24) is 0 Å². The molecule has 0 atom stereocenters. The second-order valence-corrected chi connectivity index (χ2v) is 5.81. The van der Waals surface area contributed by atoms with E-state index in [-0.39, 0.29) is 5.97 Å². The molecule has 0 spiro atoms. The zero-order valence-corrected chi connectivity index (χ0v) is 11.5. The van der Waals surface area contributed by atoms with Crippen LogP contribution in [0.15, 0.2) is 22.0 Å². The Hall–Kier alpha value is -0.850. The van der Waals surface area contributed by atoms with Crippen LogP contribution in [0.1, 0.15) is 9.67 Å². The zero-order chi connectivity index (χ0) is 11.7. The number of carbonyl (C=O) groups excluding carboxylic acids is 1. The van der Waals surface area contributed by atoms with Gasteiger partial charge in [-0.05, 0) is 33.4 Å². The summed E-state index contributed by atoms with van der Waals surface area (Å²) in [5.74, 6) is -0.388. The Bertz CT molecular complexity index is 533. The molecule has 0 aliphatic rings. The Labute approximate surface area is 109 Å². The predicted molar refractivity (Wildman–Crippen MR) is 71.1 cm³/mol. The highest BCUT2D eigenvalue weighted by molar-refractivity contribution is 9.10. The number of esters is 1. The van der Waals surface area contributed by atoms with Gasteiger partial charge in [0.1, 0.15) is 4.88 Å². The average Bonchev–Trinajstić information content (AvgIpc) is 2.83. The number of nitrogens with two attached hydrogens (primary N) is 1. The molecule has 0 fully saturated rings. The summed E-state index contributed by atoms with van der Waals surface area (Å²) >= 11 is 6.40. The minimum atomic E-state index is -0.388. The van der Waals surface area contributed by atoms with Gasteiger partial charge in [-0.15, -0.1) is 22.7 Å². The molecule has 2 aromatic rings. The van der Waals surface area contributed by atoms with E-state index in [1.807, 2.05) is 11.4 Å². The zero-order valence-electron chi connectivity index (χ0n) is 8.32. The topological polar surface area (TPSA) is 52.3 Å². The molecule has 0 aromatic carbocycles. The first-order valence-corrected chi connectivity index (χ1v) is 6.83. The lowest BCUT2D eigenvalue weighted by molar-refractivity contribution is 0.0607. The lowest BCUT2D eigenvalue weighted by Gasteiger charge is -1.94. The van der Waals surface area contributed by atoms with Crippen LogP contribution in [0.3, 0.4) is 0 Å². The van der Waals surface area contributed by atoms with Crippen LogP contribution in [-0.4, -0.2) is 13.1 Å². The Morgan fingerprint density at radius 1 is 1.56 bits per heavy atom. The SMILES string of the molecule is COC(=O)c1sc(-c2sccc2Br)cc1N. The van der Waals surface area contributed by atoms with E-state index < -0.39 is 0 Å². The molecule has 0 radical (unpaired) electrons.